The Morgan fingerprint density at radius 3 is 2.68 bits per heavy atom. The van der Waals surface area contributed by atoms with Crippen LogP contribution in [0.3, 0.4) is 0 Å². The molecule has 1 fully saturated rings. The van der Waals surface area contributed by atoms with Crippen molar-refractivity contribution in [3.8, 4) is 17.3 Å². The Labute approximate surface area is 204 Å². The van der Waals surface area contributed by atoms with E-state index in [1.807, 2.05) is 26.0 Å². The van der Waals surface area contributed by atoms with Gasteiger partial charge < -0.3 is 15.6 Å². The highest BCUT2D eigenvalue weighted by atomic mass is 35.5. The molecule has 2 aromatic rings. The molecule has 1 atom stereocenters. The summed E-state index contributed by atoms with van der Waals surface area (Å²) in [4.78, 5) is 12.9. The largest absolute Gasteiger partial charge is 0.355 e. The van der Waals surface area contributed by atoms with Crippen LogP contribution in [-0.4, -0.2) is 37.1 Å². The minimum atomic E-state index is -3.52. The van der Waals surface area contributed by atoms with Gasteiger partial charge in [0, 0.05) is 23.7 Å². The SMILES string of the molecule is Cc1cc(NS(C)(=O)=O)c(Cl)c(-c2nc(C3(C)CC3)[nH]c2C2(C)C=CN=C(NCCC#N)N2)c1. The maximum atomic E-state index is 11.9. The van der Waals surface area contributed by atoms with Crippen molar-refractivity contribution in [3.63, 3.8) is 0 Å². The van der Waals surface area contributed by atoms with Crippen LogP contribution in [0.25, 0.3) is 11.3 Å². The molecule has 34 heavy (non-hydrogen) atoms. The summed E-state index contributed by atoms with van der Waals surface area (Å²) in [5.74, 6) is 1.42. The number of nitriles is 1. The average molecular weight is 502 g/mol. The fraction of sp³-hybridized carbons (Fsp3) is 0.435. The summed E-state index contributed by atoms with van der Waals surface area (Å²) in [5.41, 5.74) is 2.48. The van der Waals surface area contributed by atoms with E-state index in [0.717, 1.165) is 36.2 Å². The number of nitrogens with zero attached hydrogens (tertiary/aromatic N) is 3. The first kappa shape index (κ1) is 24.1. The number of anilines is 1. The van der Waals surface area contributed by atoms with Gasteiger partial charge in [0.25, 0.3) is 0 Å². The number of halogens is 1. The number of sulfonamides is 1. The van der Waals surface area contributed by atoms with E-state index in [2.05, 4.69) is 38.3 Å². The van der Waals surface area contributed by atoms with Crippen LogP contribution in [0.4, 0.5) is 5.69 Å². The van der Waals surface area contributed by atoms with Crippen molar-refractivity contribution in [1.82, 2.24) is 20.6 Å². The molecule has 2 heterocycles. The van der Waals surface area contributed by atoms with E-state index in [9.17, 15) is 8.42 Å². The Kier molecular flexibility index (Phi) is 6.12. The Bertz CT molecular complexity index is 1340. The van der Waals surface area contributed by atoms with E-state index in [1.54, 1.807) is 12.3 Å². The lowest BCUT2D eigenvalue weighted by molar-refractivity contribution is 0.517. The molecule has 1 saturated carbocycles. The third-order valence-electron chi connectivity index (χ3n) is 6.08. The van der Waals surface area contributed by atoms with Crippen LogP contribution in [0.1, 0.15) is 50.2 Å². The van der Waals surface area contributed by atoms with Crippen LogP contribution >= 0.6 is 11.6 Å². The van der Waals surface area contributed by atoms with Crippen molar-refractivity contribution >= 4 is 33.3 Å². The van der Waals surface area contributed by atoms with Gasteiger partial charge >= 0.3 is 0 Å². The van der Waals surface area contributed by atoms with E-state index in [1.165, 1.54) is 0 Å². The first-order chi connectivity index (χ1) is 15.9. The van der Waals surface area contributed by atoms with Crippen LogP contribution in [-0.2, 0) is 21.0 Å². The van der Waals surface area contributed by atoms with Gasteiger partial charge in [0.1, 0.15) is 5.82 Å². The number of aromatic nitrogens is 2. The van der Waals surface area contributed by atoms with Crippen molar-refractivity contribution in [3.05, 3.63) is 46.5 Å². The maximum Gasteiger partial charge on any atom is 0.229 e. The fourth-order valence-electron chi connectivity index (χ4n) is 3.92. The molecule has 4 rings (SSSR count). The number of aryl methyl sites for hydroxylation is 1. The third-order valence-corrected chi connectivity index (χ3v) is 7.08. The standard InChI is InChI=1S/C23H28ClN7O2S/c1-14-12-15(17(24)16(13-14)31-34(4,32)33)18-19(29-20(28-18)22(2)6-7-22)23(3)8-11-27-21(30-23)26-10-5-9-25/h8,11-13,31H,5-7,10H2,1-4H3,(H,28,29)(H2,26,27,30). The molecule has 0 amide bonds. The van der Waals surface area contributed by atoms with Gasteiger partial charge in [-0.3, -0.25) is 4.72 Å². The molecule has 1 aliphatic carbocycles. The van der Waals surface area contributed by atoms with E-state index in [0.29, 0.717) is 35.9 Å². The predicted molar refractivity (Wildman–Crippen MR) is 134 cm³/mol. The molecule has 1 aliphatic heterocycles. The van der Waals surface area contributed by atoms with Gasteiger partial charge in [-0.15, -0.1) is 0 Å². The van der Waals surface area contributed by atoms with Crippen molar-refractivity contribution in [2.75, 3.05) is 17.5 Å². The van der Waals surface area contributed by atoms with Crippen LogP contribution in [0.5, 0.6) is 0 Å². The summed E-state index contributed by atoms with van der Waals surface area (Å²) in [6.45, 7) is 6.51. The van der Waals surface area contributed by atoms with Crippen molar-refractivity contribution < 1.29 is 8.42 Å². The summed E-state index contributed by atoms with van der Waals surface area (Å²) in [7, 11) is -3.52. The number of aliphatic imine (C=N–C) groups is 1. The molecular weight excluding hydrogens is 474 g/mol. The smallest absolute Gasteiger partial charge is 0.229 e. The first-order valence-electron chi connectivity index (χ1n) is 11.0. The molecule has 9 nitrogen and oxygen atoms in total. The summed E-state index contributed by atoms with van der Waals surface area (Å²) in [5, 5.41) is 15.7. The maximum absolute atomic E-state index is 11.9. The van der Waals surface area contributed by atoms with E-state index >= 15 is 0 Å². The summed E-state index contributed by atoms with van der Waals surface area (Å²) in [6.07, 6.45) is 7.15. The zero-order chi connectivity index (χ0) is 24.7. The normalized spacial score (nSPS) is 20.8. The molecule has 180 valence electrons. The molecule has 1 aromatic heterocycles. The Morgan fingerprint density at radius 2 is 2.03 bits per heavy atom. The zero-order valence-corrected chi connectivity index (χ0v) is 21.2. The quantitative estimate of drug-likeness (QED) is 0.427. The van der Waals surface area contributed by atoms with E-state index in [-0.39, 0.29) is 10.4 Å². The number of hydrogen-bond acceptors (Lipinski definition) is 7. The number of hydrogen-bond donors (Lipinski definition) is 4. The second-order valence-corrected chi connectivity index (χ2v) is 11.5. The van der Waals surface area contributed by atoms with Gasteiger partial charge in [0.15, 0.2) is 5.96 Å². The van der Waals surface area contributed by atoms with Crippen molar-refractivity contribution in [1.29, 1.82) is 5.26 Å². The highest BCUT2D eigenvalue weighted by Gasteiger charge is 2.44. The number of H-pyrrole nitrogens is 1. The predicted octanol–water partition coefficient (Wildman–Crippen LogP) is 3.65. The summed E-state index contributed by atoms with van der Waals surface area (Å²) in [6, 6.07) is 5.72. The number of guanidine groups is 1. The fourth-order valence-corrected chi connectivity index (χ4v) is 4.78. The molecule has 0 bridgehead atoms. The second-order valence-electron chi connectivity index (χ2n) is 9.37. The molecule has 11 heteroatoms. The van der Waals surface area contributed by atoms with Gasteiger partial charge in [0.2, 0.25) is 10.0 Å². The topological polar surface area (TPSA) is 135 Å². The number of benzene rings is 1. The van der Waals surface area contributed by atoms with Crippen LogP contribution in [0, 0.1) is 18.3 Å². The van der Waals surface area contributed by atoms with Gasteiger partial charge in [0.05, 0.1) is 46.4 Å². The van der Waals surface area contributed by atoms with Crippen LogP contribution < -0.4 is 15.4 Å². The molecule has 1 aromatic carbocycles. The molecule has 0 radical (unpaired) electrons. The number of imidazole rings is 1. The lowest BCUT2D eigenvalue weighted by Gasteiger charge is -2.31. The number of rotatable bonds is 7. The van der Waals surface area contributed by atoms with E-state index in [4.69, 9.17) is 21.8 Å². The zero-order valence-electron chi connectivity index (χ0n) is 19.6. The van der Waals surface area contributed by atoms with Gasteiger partial charge in [-0.25, -0.2) is 18.4 Å². The first-order valence-corrected chi connectivity index (χ1v) is 13.2. The molecular formula is C23H28ClN7O2S. The van der Waals surface area contributed by atoms with Gasteiger partial charge in [-0.2, -0.15) is 5.26 Å². The Hall–Kier alpha value is -3.03. The summed E-state index contributed by atoms with van der Waals surface area (Å²) >= 11 is 6.74. The Morgan fingerprint density at radius 1 is 1.29 bits per heavy atom. The lowest BCUT2D eigenvalue weighted by atomic mass is 9.92. The number of aromatic amines is 1. The third kappa shape index (κ3) is 4.91. The minimum Gasteiger partial charge on any atom is -0.355 e. The second kappa shape index (κ2) is 8.64. The van der Waals surface area contributed by atoms with Crippen LogP contribution in [0.15, 0.2) is 29.4 Å². The highest BCUT2D eigenvalue weighted by Crippen LogP contribution is 2.48. The molecule has 0 spiro atoms. The molecule has 4 N–H and O–H groups in total. The Balaban J connectivity index is 1.82. The monoisotopic (exact) mass is 501 g/mol. The van der Waals surface area contributed by atoms with E-state index < -0.39 is 15.6 Å². The highest BCUT2D eigenvalue weighted by molar-refractivity contribution is 7.92. The summed E-state index contributed by atoms with van der Waals surface area (Å²) < 4.78 is 26.3. The van der Waals surface area contributed by atoms with Crippen molar-refractivity contribution in [2.45, 2.75) is 51.0 Å². The number of nitrogens with one attached hydrogen (secondary N) is 4. The van der Waals surface area contributed by atoms with Crippen LogP contribution in [0.2, 0.25) is 5.02 Å². The molecule has 1 unspecified atom stereocenters. The lowest BCUT2D eigenvalue weighted by Crippen LogP contribution is -2.50. The van der Waals surface area contributed by atoms with Crippen molar-refractivity contribution in [2.24, 2.45) is 4.99 Å². The van der Waals surface area contributed by atoms with Gasteiger partial charge in [-0.05, 0) is 50.5 Å². The average Bonchev–Trinajstić information content (AvgIpc) is 3.32. The molecule has 0 saturated heterocycles. The van der Waals surface area contributed by atoms with Gasteiger partial charge in [-0.1, -0.05) is 18.5 Å². The minimum absolute atomic E-state index is 0.0339. The molecule has 2 aliphatic rings.